The normalized spacial score (nSPS) is 32.8. The Morgan fingerprint density at radius 2 is 2.19 bits per heavy atom. The lowest BCUT2D eigenvalue weighted by atomic mass is 9.76. The zero-order valence-corrected chi connectivity index (χ0v) is 13.6. The van der Waals surface area contributed by atoms with Crippen LogP contribution in [0.4, 0.5) is 0 Å². The molecule has 0 saturated heterocycles. The number of rotatable bonds is 3. The van der Waals surface area contributed by atoms with Crippen LogP contribution in [-0.2, 0) is 0 Å². The van der Waals surface area contributed by atoms with Crippen LogP contribution < -0.4 is 0 Å². The predicted molar refractivity (Wildman–Crippen MR) is 92.3 cm³/mol. The SMILES string of the molecule is OC(/C=C/C1C=CC=C2C=CCCC21)C1=CCC(Br)C=C1. The van der Waals surface area contributed by atoms with Gasteiger partial charge in [0.15, 0.2) is 0 Å². The maximum absolute atomic E-state index is 10.3. The minimum atomic E-state index is -0.497. The number of halogens is 1. The van der Waals surface area contributed by atoms with Crippen molar-refractivity contribution in [3.05, 3.63) is 71.9 Å². The summed E-state index contributed by atoms with van der Waals surface area (Å²) in [6.45, 7) is 0. The Morgan fingerprint density at radius 1 is 1.29 bits per heavy atom. The van der Waals surface area contributed by atoms with Gasteiger partial charge < -0.3 is 5.11 Å². The van der Waals surface area contributed by atoms with E-state index in [1.807, 2.05) is 12.2 Å². The molecule has 3 aliphatic carbocycles. The van der Waals surface area contributed by atoms with Crippen molar-refractivity contribution in [2.75, 3.05) is 0 Å². The number of aliphatic hydroxyl groups excluding tert-OH is 1. The van der Waals surface area contributed by atoms with Gasteiger partial charge in [0, 0.05) is 10.7 Å². The highest BCUT2D eigenvalue weighted by Gasteiger charge is 2.23. The van der Waals surface area contributed by atoms with Crippen molar-refractivity contribution in [1.29, 1.82) is 0 Å². The Balaban J connectivity index is 1.66. The summed E-state index contributed by atoms with van der Waals surface area (Å²) in [5.41, 5.74) is 2.42. The molecule has 0 aromatic rings. The first-order valence-electron chi connectivity index (χ1n) is 7.67. The van der Waals surface area contributed by atoms with Gasteiger partial charge in [-0.3, -0.25) is 0 Å². The second kappa shape index (κ2) is 6.76. The number of hydrogen-bond donors (Lipinski definition) is 1. The highest BCUT2D eigenvalue weighted by atomic mass is 79.9. The fourth-order valence-corrected chi connectivity index (χ4v) is 3.52. The Morgan fingerprint density at radius 3 is 3.00 bits per heavy atom. The third-order valence-electron chi connectivity index (χ3n) is 4.40. The zero-order valence-electron chi connectivity index (χ0n) is 12.0. The molecule has 3 rings (SSSR count). The largest absolute Gasteiger partial charge is 0.384 e. The topological polar surface area (TPSA) is 20.2 Å². The van der Waals surface area contributed by atoms with Gasteiger partial charge in [-0.1, -0.05) is 76.7 Å². The fourth-order valence-electron chi connectivity index (χ4n) is 3.18. The first-order chi connectivity index (χ1) is 10.2. The molecule has 21 heavy (non-hydrogen) atoms. The van der Waals surface area contributed by atoms with Crippen LogP contribution in [0.2, 0.25) is 0 Å². The Labute approximate surface area is 135 Å². The van der Waals surface area contributed by atoms with E-state index in [2.05, 4.69) is 64.5 Å². The Bertz CT molecular complexity index is 562. The van der Waals surface area contributed by atoms with E-state index in [0.29, 0.717) is 16.7 Å². The molecule has 110 valence electrons. The molecular weight excluding hydrogens is 324 g/mol. The average Bonchev–Trinajstić information content (AvgIpc) is 2.53. The quantitative estimate of drug-likeness (QED) is 0.584. The Hall–Kier alpha value is -1.12. The summed E-state index contributed by atoms with van der Waals surface area (Å²) in [4.78, 5) is 0.403. The van der Waals surface area contributed by atoms with Crippen LogP contribution in [0.3, 0.4) is 0 Å². The maximum atomic E-state index is 10.3. The summed E-state index contributed by atoms with van der Waals surface area (Å²) in [5.74, 6) is 0.980. The van der Waals surface area contributed by atoms with E-state index in [1.165, 1.54) is 12.0 Å². The number of hydrogen-bond acceptors (Lipinski definition) is 1. The van der Waals surface area contributed by atoms with Crippen molar-refractivity contribution >= 4 is 15.9 Å². The molecule has 0 radical (unpaired) electrons. The lowest BCUT2D eigenvalue weighted by molar-refractivity contribution is 0.261. The molecule has 1 nitrogen and oxygen atoms in total. The van der Waals surface area contributed by atoms with E-state index < -0.39 is 6.10 Å². The number of fused-ring (bicyclic) bond motifs is 1. The van der Waals surface area contributed by atoms with Crippen molar-refractivity contribution in [1.82, 2.24) is 0 Å². The van der Waals surface area contributed by atoms with Crippen LogP contribution in [-0.4, -0.2) is 16.0 Å². The van der Waals surface area contributed by atoms with E-state index in [4.69, 9.17) is 0 Å². The van der Waals surface area contributed by atoms with E-state index >= 15 is 0 Å². The van der Waals surface area contributed by atoms with Gasteiger partial charge in [-0.15, -0.1) is 0 Å². The van der Waals surface area contributed by atoms with Crippen LogP contribution >= 0.6 is 15.9 Å². The van der Waals surface area contributed by atoms with E-state index in [0.717, 1.165) is 18.4 Å². The van der Waals surface area contributed by atoms with Gasteiger partial charge in [-0.05, 0) is 36.3 Å². The number of allylic oxidation sites excluding steroid dienone is 9. The third kappa shape index (κ3) is 3.56. The molecule has 0 aromatic carbocycles. The van der Waals surface area contributed by atoms with Crippen molar-refractivity contribution in [3.8, 4) is 0 Å². The molecule has 0 aromatic heterocycles. The molecule has 4 unspecified atom stereocenters. The summed E-state index contributed by atoms with van der Waals surface area (Å²) < 4.78 is 0. The summed E-state index contributed by atoms with van der Waals surface area (Å²) in [6.07, 6.45) is 24.2. The van der Waals surface area contributed by atoms with Crippen molar-refractivity contribution < 1.29 is 5.11 Å². The first-order valence-corrected chi connectivity index (χ1v) is 8.59. The van der Waals surface area contributed by atoms with Gasteiger partial charge in [0.05, 0.1) is 6.10 Å². The van der Waals surface area contributed by atoms with Crippen molar-refractivity contribution in [3.63, 3.8) is 0 Å². The van der Waals surface area contributed by atoms with E-state index in [9.17, 15) is 5.11 Å². The third-order valence-corrected chi connectivity index (χ3v) is 5.08. The van der Waals surface area contributed by atoms with Crippen LogP contribution in [0.5, 0.6) is 0 Å². The summed E-state index contributed by atoms with van der Waals surface area (Å²) >= 11 is 3.55. The molecule has 0 spiro atoms. The van der Waals surface area contributed by atoms with Gasteiger partial charge in [-0.2, -0.15) is 0 Å². The molecule has 0 heterocycles. The van der Waals surface area contributed by atoms with Gasteiger partial charge in [0.1, 0.15) is 0 Å². The average molecular weight is 345 g/mol. The van der Waals surface area contributed by atoms with Gasteiger partial charge in [0.2, 0.25) is 0 Å². The fraction of sp³-hybridized carbons (Fsp3) is 0.368. The molecular formula is C19H21BrO. The van der Waals surface area contributed by atoms with Gasteiger partial charge >= 0.3 is 0 Å². The molecule has 0 fully saturated rings. The van der Waals surface area contributed by atoms with Crippen LogP contribution in [0, 0.1) is 11.8 Å². The second-order valence-electron chi connectivity index (χ2n) is 5.86. The molecule has 4 atom stereocenters. The maximum Gasteiger partial charge on any atom is 0.0968 e. The molecule has 3 aliphatic rings. The monoisotopic (exact) mass is 344 g/mol. The molecule has 0 bridgehead atoms. The van der Waals surface area contributed by atoms with Crippen LogP contribution in [0.1, 0.15) is 19.3 Å². The lowest BCUT2D eigenvalue weighted by Crippen LogP contribution is -2.18. The first kappa shape index (κ1) is 14.8. The second-order valence-corrected chi connectivity index (χ2v) is 7.04. The molecule has 0 saturated carbocycles. The Kier molecular flexibility index (Phi) is 4.77. The van der Waals surface area contributed by atoms with Gasteiger partial charge in [0.25, 0.3) is 0 Å². The predicted octanol–water partition coefficient (Wildman–Crippen LogP) is 4.63. The smallest absolute Gasteiger partial charge is 0.0968 e. The lowest BCUT2D eigenvalue weighted by Gasteiger charge is -2.28. The van der Waals surface area contributed by atoms with Crippen LogP contribution in [0.25, 0.3) is 0 Å². The standard InChI is InChI=1S/C19H21BrO/c20-17-11-8-16(9-12-17)19(21)13-10-15-6-3-5-14-4-1-2-7-18(14)15/h1,3-6,8-11,13,15,17-19,21H,2,7,12H2/b13-10+. The molecule has 0 aliphatic heterocycles. The summed E-state index contributed by atoms with van der Waals surface area (Å²) in [5, 5.41) is 10.3. The van der Waals surface area contributed by atoms with Crippen molar-refractivity contribution in [2.24, 2.45) is 11.8 Å². The number of aliphatic hydroxyl groups is 1. The van der Waals surface area contributed by atoms with Crippen molar-refractivity contribution in [2.45, 2.75) is 30.2 Å². The van der Waals surface area contributed by atoms with E-state index in [-0.39, 0.29) is 0 Å². The zero-order chi connectivity index (χ0) is 14.7. The summed E-state index contributed by atoms with van der Waals surface area (Å²) in [6, 6.07) is 0. The van der Waals surface area contributed by atoms with E-state index in [1.54, 1.807) is 0 Å². The highest BCUT2D eigenvalue weighted by Crippen LogP contribution is 2.35. The van der Waals surface area contributed by atoms with Gasteiger partial charge in [-0.25, -0.2) is 0 Å². The minimum Gasteiger partial charge on any atom is -0.384 e. The molecule has 1 N–H and O–H groups in total. The number of alkyl halides is 1. The van der Waals surface area contributed by atoms with Crippen LogP contribution in [0.15, 0.2) is 71.9 Å². The highest BCUT2D eigenvalue weighted by molar-refractivity contribution is 9.09. The summed E-state index contributed by atoms with van der Waals surface area (Å²) in [7, 11) is 0. The molecule has 2 heteroatoms. The minimum absolute atomic E-state index is 0.403. The molecule has 0 amide bonds.